The van der Waals surface area contributed by atoms with E-state index in [1.54, 1.807) is 0 Å². The zero-order valence-electron chi connectivity index (χ0n) is 13.5. The highest BCUT2D eigenvalue weighted by atomic mass is 15.1. The van der Waals surface area contributed by atoms with Gasteiger partial charge in [0.15, 0.2) is 0 Å². The van der Waals surface area contributed by atoms with E-state index in [1.165, 1.54) is 12.8 Å². The molecule has 1 heterocycles. The van der Waals surface area contributed by atoms with Gasteiger partial charge >= 0.3 is 0 Å². The van der Waals surface area contributed by atoms with E-state index >= 15 is 0 Å². The number of aryl methyl sites for hydroxylation is 1. The van der Waals surface area contributed by atoms with Crippen molar-refractivity contribution in [3.8, 4) is 0 Å². The third-order valence-electron chi connectivity index (χ3n) is 4.05. The lowest BCUT2D eigenvalue weighted by Gasteiger charge is -2.28. The summed E-state index contributed by atoms with van der Waals surface area (Å²) in [6.07, 6.45) is 4.65. The molecule has 2 N–H and O–H groups in total. The molecule has 0 atom stereocenters. The van der Waals surface area contributed by atoms with Crippen LogP contribution in [0.15, 0.2) is 0 Å². The molecule has 1 aliphatic carbocycles. The topological polar surface area (TPSA) is 49.8 Å². The summed E-state index contributed by atoms with van der Waals surface area (Å²) in [6.45, 7) is 11.8. The largest absolute Gasteiger partial charge is 0.370 e. The SMILES string of the molecule is CCCc1nc(NCC)c(C)c(NC(C)(C)C2CC2)n1. The van der Waals surface area contributed by atoms with Gasteiger partial charge in [-0.2, -0.15) is 0 Å². The molecule has 0 bridgehead atoms. The van der Waals surface area contributed by atoms with E-state index in [2.05, 4.69) is 50.2 Å². The molecule has 0 amide bonds. The Morgan fingerprint density at radius 2 is 1.80 bits per heavy atom. The second-order valence-electron chi connectivity index (χ2n) is 6.36. The third-order valence-corrected chi connectivity index (χ3v) is 4.05. The molecule has 1 aromatic rings. The van der Waals surface area contributed by atoms with Crippen LogP contribution in [0.25, 0.3) is 0 Å². The van der Waals surface area contributed by atoms with Gasteiger partial charge < -0.3 is 10.6 Å². The monoisotopic (exact) mass is 276 g/mol. The van der Waals surface area contributed by atoms with Crippen LogP contribution in [0, 0.1) is 12.8 Å². The summed E-state index contributed by atoms with van der Waals surface area (Å²) in [5, 5.41) is 7.01. The maximum absolute atomic E-state index is 4.74. The summed E-state index contributed by atoms with van der Waals surface area (Å²) in [5.74, 6) is 3.67. The van der Waals surface area contributed by atoms with Gasteiger partial charge in [0.2, 0.25) is 0 Å². The van der Waals surface area contributed by atoms with E-state index in [0.29, 0.717) is 0 Å². The highest BCUT2D eigenvalue weighted by Gasteiger charge is 2.38. The van der Waals surface area contributed by atoms with Crippen LogP contribution in [0.2, 0.25) is 0 Å². The van der Waals surface area contributed by atoms with Gasteiger partial charge in [0.1, 0.15) is 17.5 Å². The van der Waals surface area contributed by atoms with Gasteiger partial charge in [-0.15, -0.1) is 0 Å². The van der Waals surface area contributed by atoms with Gasteiger partial charge in [-0.1, -0.05) is 6.92 Å². The fourth-order valence-corrected chi connectivity index (χ4v) is 2.57. The molecule has 20 heavy (non-hydrogen) atoms. The van der Waals surface area contributed by atoms with Crippen molar-refractivity contribution in [1.29, 1.82) is 0 Å². The van der Waals surface area contributed by atoms with Crippen LogP contribution >= 0.6 is 0 Å². The highest BCUT2D eigenvalue weighted by molar-refractivity contribution is 5.58. The first kappa shape index (κ1) is 15.1. The first-order chi connectivity index (χ1) is 9.47. The number of hydrogen-bond donors (Lipinski definition) is 2. The molecule has 0 radical (unpaired) electrons. The fourth-order valence-electron chi connectivity index (χ4n) is 2.57. The van der Waals surface area contributed by atoms with Crippen molar-refractivity contribution in [3.63, 3.8) is 0 Å². The summed E-state index contributed by atoms with van der Waals surface area (Å²) < 4.78 is 0. The zero-order chi connectivity index (χ0) is 14.8. The molecule has 0 unspecified atom stereocenters. The lowest BCUT2D eigenvalue weighted by Crippen LogP contribution is -2.34. The van der Waals surface area contributed by atoms with Gasteiger partial charge in [0.25, 0.3) is 0 Å². The quantitative estimate of drug-likeness (QED) is 0.796. The van der Waals surface area contributed by atoms with Crippen LogP contribution in [-0.4, -0.2) is 22.1 Å². The minimum absolute atomic E-state index is 0.117. The summed E-state index contributed by atoms with van der Waals surface area (Å²) in [5.41, 5.74) is 1.24. The van der Waals surface area contributed by atoms with Crippen molar-refractivity contribution >= 4 is 11.6 Å². The van der Waals surface area contributed by atoms with Gasteiger partial charge in [0.05, 0.1) is 0 Å². The van der Waals surface area contributed by atoms with Gasteiger partial charge in [-0.3, -0.25) is 0 Å². The van der Waals surface area contributed by atoms with Gasteiger partial charge in [-0.05, 0) is 52.9 Å². The van der Waals surface area contributed by atoms with Crippen LogP contribution in [0.1, 0.15) is 58.3 Å². The van der Waals surface area contributed by atoms with Crippen LogP contribution in [0.5, 0.6) is 0 Å². The fraction of sp³-hybridized carbons (Fsp3) is 0.750. The molecule has 112 valence electrons. The lowest BCUT2D eigenvalue weighted by molar-refractivity contribution is 0.491. The third kappa shape index (κ3) is 3.41. The summed E-state index contributed by atoms with van der Waals surface area (Å²) in [7, 11) is 0. The number of hydrogen-bond acceptors (Lipinski definition) is 4. The van der Waals surface area contributed by atoms with Crippen molar-refractivity contribution in [1.82, 2.24) is 9.97 Å². The molecule has 0 spiro atoms. The molecule has 2 rings (SSSR count). The maximum atomic E-state index is 4.74. The Bertz CT molecular complexity index is 464. The normalized spacial score (nSPS) is 15.2. The number of aromatic nitrogens is 2. The molecular weight excluding hydrogens is 248 g/mol. The molecule has 0 aliphatic heterocycles. The Kier molecular flexibility index (Phi) is 4.51. The number of rotatable bonds is 7. The van der Waals surface area contributed by atoms with Crippen molar-refractivity contribution in [2.24, 2.45) is 5.92 Å². The molecule has 0 saturated heterocycles. The van der Waals surface area contributed by atoms with E-state index in [4.69, 9.17) is 4.98 Å². The number of anilines is 2. The maximum Gasteiger partial charge on any atom is 0.135 e. The van der Waals surface area contributed by atoms with E-state index in [1.807, 2.05) is 0 Å². The zero-order valence-corrected chi connectivity index (χ0v) is 13.5. The molecule has 1 aromatic heterocycles. The molecule has 1 saturated carbocycles. The first-order valence-electron chi connectivity index (χ1n) is 7.87. The summed E-state index contributed by atoms with van der Waals surface area (Å²) in [6, 6.07) is 0. The Hall–Kier alpha value is -1.32. The van der Waals surface area contributed by atoms with Gasteiger partial charge in [-0.25, -0.2) is 9.97 Å². The Morgan fingerprint density at radius 3 is 2.35 bits per heavy atom. The van der Waals surface area contributed by atoms with Crippen LogP contribution < -0.4 is 10.6 Å². The van der Waals surface area contributed by atoms with Crippen molar-refractivity contribution in [3.05, 3.63) is 11.4 Å². The van der Waals surface area contributed by atoms with Crippen LogP contribution in [0.4, 0.5) is 11.6 Å². The number of nitrogens with zero attached hydrogens (tertiary/aromatic N) is 2. The number of nitrogens with one attached hydrogen (secondary N) is 2. The minimum Gasteiger partial charge on any atom is -0.370 e. The highest BCUT2D eigenvalue weighted by Crippen LogP contribution is 2.41. The molecule has 4 heteroatoms. The summed E-state index contributed by atoms with van der Waals surface area (Å²) >= 11 is 0. The average Bonchev–Trinajstić information content (AvgIpc) is 3.19. The Morgan fingerprint density at radius 1 is 1.15 bits per heavy atom. The summed E-state index contributed by atoms with van der Waals surface area (Å²) in [4.78, 5) is 9.38. The molecular formula is C16H28N4. The second-order valence-corrected chi connectivity index (χ2v) is 6.36. The second kappa shape index (κ2) is 5.98. The predicted molar refractivity (Wildman–Crippen MR) is 85.4 cm³/mol. The van der Waals surface area contributed by atoms with Gasteiger partial charge in [0, 0.05) is 24.1 Å². The van der Waals surface area contributed by atoms with Crippen LogP contribution in [0.3, 0.4) is 0 Å². The standard InChI is InChI=1S/C16H28N4/c1-6-8-13-18-14(17-7-2)11(3)15(19-13)20-16(4,5)12-9-10-12/h12H,6-10H2,1-5H3,(H2,17,18,19,20). The first-order valence-corrected chi connectivity index (χ1v) is 7.87. The van der Waals surface area contributed by atoms with E-state index in [9.17, 15) is 0 Å². The van der Waals surface area contributed by atoms with Crippen molar-refractivity contribution in [2.75, 3.05) is 17.2 Å². The Labute approximate surface area is 122 Å². The van der Waals surface area contributed by atoms with Crippen molar-refractivity contribution in [2.45, 2.75) is 65.8 Å². The molecule has 4 nitrogen and oxygen atoms in total. The van der Waals surface area contributed by atoms with Crippen molar-refractivity contribution < 1.29 is 0 Å². The lowest BCUT2D eigenvalue weighted by atomic mass is 9.98. The predicted octanol–water partition coefficient (Wildman–Crippen LogP) is 3.77. The van der Waals surface area contributed by atoms with E-state index in [0.717, 1.165) is 48.3 Å². The molecule has 1 fully saturated rings. The minimum atomic E-state index is 0.117. The van der Waals surface area contributed by atoms with E-state index in [-0.39, 0.29) is 5.54 Å². The molecule has 1 aliphatic rings. The Balaban J connectivity index is 2.29. The smallest absolute Gasteiger partial charge is 0.135 e. The van der Waals surface area contributed by atoms with E-state index < -0.39 is 0 Å². The van der Waals surface area contributed by atoms with Crippen LogP contribution in [-0.2, 0) is 6.42 Å². The molecule has 0 aromatic carbocycles. The average molecular weight is 276 g/mol.